The van der Waals surface area contributed by atoms with Gasteiger partial charge in [0.1, 0.15) is 11.5 Å². The number of nitrogens with two attached hydrogens (primary N) is 1. The van der Waals surface area contributed by atoms with Crippen molar-refractivity contribution < 1.29 is 9.47 Å². The van der Waals surface area contributed by atoms with E-state index in [-0.39, 0.29) is 0 Å². The van der Waals surface area contributed by atoms with Crippen molar-refractivity contribution in [3.05, 3.63) is 24.3 Å². The standard InChI is InChI=1S/C14H24N2O2/c1-17-13-5-7-14(8-6-13)18-12-3-2-10-16-11-4-9-15/h5-8,16H,2-4,9-12,15H2,1H3. The molecule has 0 amide bonds. The summed E-state index contributed by atoms with van der Waals surface area (Å²) in [5, 5.41) is 3.35. The first-order valence-corrected chi connectivity index (χ1v) is 6.54. The number of nitrogens with one attached hydrogen (secondary N) is 1. The van der Waals surface area contributed by atoms with Gasteiger partial charge in [-0.3, -0.25) is 0 Å². The van der Waals surface area contributed by atoms with Crippen molar-refractivity contribution in [2.75, 3.05) is 33.4 Å². The first kappa shape index (κ1) is 14.8. The number of benzene rings is 1. The highest BCUT2D eigenvalue weighted by Crippen LogP contribution is 2.17. The average molecular weight is 252 g/mol. The second-order valence-corrected chi connectivity index (χ2v) is 4.12. The summed E-state index contributed by atoms with van der Waals surface area (Å²) in [6.45, 7) is 3.56. The van der Waals surface area contributed by atoms with E-state index in [1.54, 1.807) is 7.11 Å². The van der Waals surface area contributed by atoms with Crippen LogP contribution in [0.25, 0.3) is 0 Å². The Bertz CT molecular complexity index is 301. The van der Waals surface area contributed by atoms with Crippen LogP contribution in [0, 0.1) is 0 Å². The Balaban J connectivity index is 2.00. The minimum atomic E-state index is 0.755. The van der Waals surface area contributed by atoms with Crippen molar-refractivity contribution >= 4 is 0 Å². The molecule has 0 aliphatic rings. The molecule has 0 bridgehead atoms. The quantitative estimate of drug-likeness (QED) is 0.623. The van der Waals surface area contributed by atoms with Gasteiger partial charge in [0.05, 0.1) is 13.7 Å². The summed E-state index contributed by atoms with van der Waals surface area (Å²) in [6, 6.07) is 7.67. The van der Waals surface area contributed by atoms with E-state index in [4.69, 9.17) is 15.2 Å². The summed E-state index contributed by atoms with van der Waals surface area (Å²) in [7, 11) is 1.66. The van der Waals surface area contributed by atoms with E-state index in [1.807, 2.05) is 24.3 Å². The van der Waals surface area contributed by atoms with Crippen LogP contribution >= 0.6 is 0 Å². The van der Waals surface area contributed by atoms with Crippen LogP contribution in [0.4, 0.5) is 0 Å². The number of methoxy groups -OCH3 is 1. The van der Waals surface area contributed by atoms with Crippen molar-refractivity contribution in [3.63, 3.8) is 0 Å². The molecule has 1 aromatic rings. The Hall–Kier alpha value is -1.26. The lowest BCUT2D eigenvalue weighted by Crippen LogP contribution is -2.19. The highest BCUT2D eigenvalue weighted by Gasteiger charge is 1.95. The molecule has 4 heteroatoms. The molecule has 3 N–H and O–H groups in total. The highest BCUT2D eigenvalue weighted by atomic mass is 16.5. The van der Waals surface area contributed by atoms with E-state index in [1.165, 1.54) is 0 Å². The molecule has 0 spiro atoms. The number of hydrogen-bond acceptors (Lipinski definition) is 4. The molecular weight excluding hydrogens is 228 g/mol. The van der Waals surface area contributed by atoms with Crippen LogP contribution in [0.15, 0.2) is 24.3 Å². The topological polar surface area (TPSA) is 56.5 Å². The van der Waals surface area contributed by atoms with Crippen molar-refractivity contribution in [2.45, 2.75) is 19.3 Å². The van der Waals surface area contributed by atoms with Crippen molar-refractivity contribution in [1.82, 2.24) is 5.32 Å². The normalized spacial score (nSPS) is 10.3. The van der Waals surface area contributed by atoms with E-state index in [0.717, 1.165) is 57.0 Å². The van der Waals surface area contributed by atoms with Gasteiger partial charge in [0.25, 0.3) is 0 Å². The van der Waals surface area contributed by atoms with Crippen LogP contribution in [0.2, 0.25) is 0 Å². The molecule has 0 aliphatic heterocycles. The highest BCUT2D eigenvalue weighted by molar-refractivity contribution is 5.31. The summed E-state index contributed by atoms with van der Waals surface area (Å²) >= 11 is 0. The zero-order chi connectivity index (χ0) is 13.1. The molecule has 0 aliphatic carbocycles. The maximum Gasteiger partial charge on any atom is 0.119 e. The summed E-state index contributed by atoms with van der Waals surface area (Å²) < 4.78 is 10.7. The molecule has 102 valence electrons. The molecule has 0 radical (unpaired) electrons. The number of unbranched alkanes of at least 4 members (excludes halogenated alkanes) is 1. The van der Waals surface area contributed by atoms with E-state index in [2.05, 4.69) is 5.32 Å². The summed E-state index contributed by atoms with van der Waals surface area (Å²) in [5.41, 5.74) is 5.41. The maximum atomic E-state index is 5.63. The minimum absolute atomic E-state index is 0.755. The van der Waals surface area contributed by atoms with Crippen LogP contribution in [0.5, 0.6) is 11.5 Å². The molecule has 0 fully saturated rings. The zero-order valence-electron chi connectivity index (χ0n) is 11.2. The predicted molar refractivity (Wildman–Crippen MR) is 74.3 cm³/mol. The lowest BCUT2D eigenvalue weighted by molar-refractivity contribution is 0.305. The van der Waals surface area contributed by atoms with E-state index in [9.17, 15) is 0 Å². The second-order valence-electron chi connectivity index (χ2n) is 4.12. The lowest BCUT2D eigenvalue weighted by Gasteiger charge is -2.07. The molecule has 18 heavy (non-hydrogen) atoms. The Morgan fingerprint density at radius 2 is 1.67 bits per heavy atom. The van der Waals surface area contributed by atoms with E-state index in [0.29, 0.717) is 0 Å². The largest absolute Gasteiger partial charge is 0.497 e. The number of ether oxygens (including phenoxy) is 2. The Morgan fingerprint density at radius 3 is 2.33 bits per heavy atom. The van der Waals surface area contributed by atoms with Gasteiger partial charge in [-0.05, 0) is 63.2 Å². The number of hydrogen-bond donors (Lipinski definition) is 2. The zero-order valence-corrected chi connectivity index (χ0v) is 11.2. The molecular formula is C14H24N2O2. The van der Waals surface area contributed by atoms with Crippen molar-refractivity contribution in [1.29, 1.82) is 0 Å². The van der Waals surface area contributed by atoms with Gasteiger partial charge in [0.15, 0.2) is 0 Å². The van der Waals surface area contributed by atoms with Gasteiger partial charge in [-0.25, -0.2) is 0 Å². The van der Waals surface area contributed by atoms with Crippen LogP contribution in [0.3, 0.4) is 0 Å². The van der Waals surface area contributed by atoms with Crippen LogP contribution < -0.4 is 20.5 Å². The van der Waals surface area contributed by atoms with E-state index >= 15 is 0 Å². The summed E-state index contributed by atoms with van der Waals surface area (Å²) in [6.07, 6.45) is 3.23. The SMILES string of the molecule is COc1ccc(OCCCCNCCCN)cc1. The van der Waals surface area contributed by atoms with Gasteiger partial charge in [-0.15, -0.1) is 0 Å². The van der Waals surface area contributed by atoms with Gasteiger partial charge in [0, 0.05) is 0 Å². The van der Waals surface area contributed by atoms with Crippen LogP contribution in [0.1, 0.15) is 19.3 Å². The molecule has 0 atom stereocenters. The molecule has 0 aromatic heterocycles. The first-order valence-electron chi connectivity index (χ1n) is 6.54. The lowest BCUT2D eigenvalue weighted by atomic mass is 10.3. The van der Waals surface area contributed by atoms with E-state index < -0.39 is 0 Å². The van der Waals surface area contributed by atoms with Gasteiger partial charge >= 0.3 is 0 Å². The van der Waals surface area contributed by atoms with Crippen LogP contribution in [-0.2, 0) is 0 Å². The predicted octanol–water partition coefficient (Wildman–Crippen LogP) is 1.79. The third kappa shape index (κ3) is 6.47. The monoisotopic (exact) mass is 252 g/mol. The van der Waals surface area contributed by atoms with Crippen LogP contribution in [-0.4, -0.2) is 33.4 Å². The molecule has 1 aromatic carbocycles. The van der Waals surface area contributed by atoms with Gasteiger partial charge in [0.2, 0.25) is 0 Å². The fourth-order valence-corrected chi connectivity index (χ4v) is 1.57. The third-order valence-corrected chi connectivity index (χ3v) is 2.63. The maximum absolute atomic E-state index is 5.63. The molecule has 0 saturated carbocycles. The van der Waals surface area contributed by atoms with Crippen molar-refractivity contribution in [2.24, 2.45) is 5.73 Å². The first-order chi connectivity index (χ1) is 8.86. The molecule has 0 saturated heterocycles. The number of rotatable bonds is 10. The van der Waals surface area contributed by atoms with Crippen molar-refractivity contribution in [3.8, 4) is 11.5 Å². The summed E-state index contributed by atoms with van der Waals surface area (Å²) in [4.78, 5) is 0. The molecule has 0 unspecified atom stereocenters. The minimum Gasteiger partial charge on any atom is -0.497 e. The molecule has 4 nitrogen and oxygen atoms in total. The van der Waals surface area contributed by atoms with Gasteiger partial charge in [-0.1, -0.05) is 0 Å². The third-order valence-electron chi connectivity index (χ3n) is 2.63. The van der Waals surface area contributed by atoms with Gasteiger partial charge < -0.3 is 20.5 Å². The molecule has 0 heterocycles. The Morgan fingerprint density at radius 1 is 1.00 bits per heavy atom. The fourth-order valence-electron chi connectivity index (χ4n) is 1.57. The summed E-state index contributed by atoms with van der Waals surface area (Å²) in [5.74, 6) is 1.75. The van der Waals surface area contributed by atoms with Gasteiger partial charge in [-0.2, -0.15) is 0 Å². The fraction of sp³-hybridized carbons (Fsp3) is 0.571. The Labute approximate surface area is 109 Å². The smallest absolute Gasteiger partial charge is 0.119 e. The molecule has 1 rings (SSSR count). The second kappa shape index (κ2) is 9.74. The Kier molecular flexibility index (Phi) is 8.01. The average Bonchev–Trinajstić information content (AvgIpc) is 2.42.